The first-order valence-corrected chi connectivity index (χ1v) is 7.02. The van der Waals surface area contributed by atoms with Crippen LogP contribution in [0.5, 0.6) is 0 Å². The molecule has 0 aromatic rings. The Morgan fingerprint density at radius 3 is 2.29 bits per heavy atom. The van der Waals surface area contributed by atoms with Crippen molar-refractivity contribution in [2.45, 2.75) is 37.9 Å². The summed E-state index contributed by atoms with van der Waals surface area (Å²) < 4.78 is -0.302. The monoisotopic (exact) mass is 322 g/mol. The Morgan fingerprint density at radius 1 is 1.43 bits per heavy atom. The summed E-state index contributed by atoms with van der Waals surface area (Å²) >= 11 is 7.16. The van der Waals surface area contributed by atoms with Crippen LogP contribution in [-0.4, -0.2) is 15.4 Å². The van der Waals surface area contributed by atoms with Crippen molar-refractivity contribution in [1.29, 1.82) is 0 Å². The lowest BCUT2D eigenvalue weighted by Gasteiger charge is -2.32. The van der Waals surface area contributed by atoms with Gasteiger partial charge in [0.05, 0.1) is 4.32 Å². The molecule has 1 nitrogen and oxygen atoms in total. The maximum absolute atomic E-state index is 12.4. The van der Waals surface area contributed by atoms with Gasteiger partial charge in [0.1, 0.15) is 0 Å². The van der Waals surface area contributed by atoms with Crippen LogP contribution in [0.15, 0.2) is 0 Å². The second-order valence-electron chi connectivity index (χ2n) is 5.47. The van der Waals surface area contributed by atoms with Gasteiger partial charge in [0.2, 0.25) is 0 Å². The average molecular weight is 324 g/mol. The van der Waals surface area contributed by atoms with Crippen LogP contribution in [0, 0.1) is 16.7 Å². The molecule has 0 saturated heterocycles. The molecule has 0 amide bonds. The van der Waals surface area contributed by atoms with E-state index in [1.54, 1.807) is 0 Å². The highest BCUT2D eigenvalue weighted by molar-refractivity contribution is 9.12. The van der Waals surface area contributed by atoms with E-state index < -0.39 is 0 Å². The second-order valence-corrected chi connectivity index (χ2v) is 7.45. The van der Waals surface area contributed by atoms with E-state index in [0.717, 1.165) is 11.8 Å². The normalized spacial score (nSPS) is 50.1. The van der Waals surface area contributed by atoms with Gasteiger partial charge in [0, 0.05) is 10.7 Å². The van der Waals surface area contributed by atoms with Crippen molar-refractivity contribution in [3.63, 3.8) is 0 Å². The molecular weight excluding hydrogens is 308 g/mol. The van der Waals surface area contributed by atoms with Crippen molar-refractivity contribution in [1.82, 2.24) is 0 Å². The number of hydrogen-bond donors (Lipinski definition) is 0. The Bertz CT molecular complexity index is 300. The van der Waals surface area contributed by atoms with E-state index in [0.29, 0.717) is 11.7 Å². The third-order valence-corrected chi connectivity index (χ3v) is 7.68. The molecule has 2 saturated carbocycles. The standard InChI is InChI=1S/C11H16Br2O/c1-9(2)7-4-5-10(9,3)8(14)11(7,13)6-12/h7H,4-6H2,1-3H3/t7-,10+,11-/m0/s1. The minimum absolute atomic E-state index is 0.116. The SMILES string of the molecule is CC1(C)[C@@H]2CC[C@]1(C)C(=O)[C@]2(Br)CBr. The lowest BCUT2D eigenvalue weighted by molar-refractivity contribution is -0.129. The quantitative estimate of drug-likeness (QED) is 0.675. The predicted molar refractivity (Wildman–Crippen MR) is 65.1 cm³/mol. The van der Waals surface area contributed by atoms with Gasteiger partial charge in [-0.3, -0.25) is 4.79 Å². The first kappa shape index (κ1) is 11.1. The number of halogens is 2. The second kappa shape index (κ2) is 2.85. The highest BCUT2D eigenvalue weighted by Crippen LogP contribution is 2.69. The van der Waals surface area contributed by atoms with Gasteiger partial charge in [-0.25, -0.2) is 0 Å². The largest absolute Gasteiger partial charge is 0.297 e. The number of carbonyl (C=O) groups is 1. The predicted octanol–water partition coefficient (Wildman–Crippen LogP) is 3.54. The van der Waals surface area contributed by atoms with Gasteiger partial charge in [0.25, 0.3) is 0 Å². The molecule has 2 aliphatic carbocycles. The summed E-state index contributed by atoms with van der Waals surface area (Å²) in [6, 6.07) is 0. The molecule has 2 rings (SSSR count). The Morgan fingerprint density at radius 2 is 2.00 bits per heavy atom. The molecule has 0 spiro atoms. The molecule has 3 atom stereocenters. The van der Waals surface area contributed by atoms with Gasteiger partial charge < -0.3 is 0 Å². The summed E-state index contributed by atoms with van der Waals surface area (Å²) in [6.45, 7) is 6.63. The molecule has 0 unspecified atom stereocenters. The fraction of sp³-hybridized carbons (Fsp3) is 0.909. The zero-order valence-corrected chi connectivity index (χ0v) is 12.0. The van der Waals surface area contributed by atoms with Gasteiger partial charge in [-0.1, -0.05) is 52.6 Å². The number of hydrogen-bond acceptors (Lipinski definition) is 1. The number of alkyl halides is 2. The van der Waals surface area contributed by atoms with E-state index in [1.165, 1.54) is 6.42 Å². The summed E-state index contributed by atoms with van der Waals surface area (Å²) in [6.07, 6.45) is 2.23. The van der Waals surface area contributed by atoms with Crippen molar-refractivity contribution in [3.05, 3.63) is 0 Å². The zero-order valence-electron chi connectivity index (χ0n) is 8.86. The van der Waals surface area contributed by atoms with Crippen LogP contribution < -0.4 is 0 Å². The summed E-state index contributed by atoms with van der Waals surface area (Å²) in [7, 11) is 0. The number of rotatable bonds is 1. The highest BCUT2D eigenvalue weighted by Gasteiger charge is 2.71. The first-order valence-electron chi connectivity index (χ1n) is 5.10. The lowest BCUT2D eigenvalue weighted by Crippen LogP contribution is -2.42. The van der Waals surface area contributed by atoms with Crippen LogP contribution in [0.4, 0.5) is 0 Å². The fourth-order valence-electron chi connectivity index (χ4n) is 3.48. The summed E-state index contributed by atoms with van der Waals surface area (Å²) in [5.41, 5.74) is 0.0241. The van der Waals surface area contributed by atoms with Crippen LogP contribution >= 0.6 is 31.9 Å². The molecule has 2 bridgehead atoms. The van der Waals surface area contributed by atoms with Crippen molar-refractivity contribution in [3.8, 4) is 0 Å². The molecule has 14 heavy (non-hydrogen) atoms. The number of carbonyl (C=O) groups excluding carboxylic acids is 1. The Kier molecular flexibility index (Phi) is 2.26. The maximum atomic E-state index is 12.4. The van der Waals surface area contributed by atoms with E-state index in [4.69, 9.17) is 0 Å². The minimum atomic E-state index is -0.302. The van der Waals surface area contributed by atoms with Crippen molar-refractivity contribution < 1.29 is 4.79 Å². The topological polar surface area (TPSA) is 17.1 Å². The maximum Gasteiger partial charge on any atom is 0.157 e. The van der Waals surface area contributed by atoms with Crippen LogP contribution in [-0.2, 0) is 4.79 Å². The average Bonchev–Trinajstić information content (AvgIpc) is 2.41. The van der Waals surface area contributed by atoms with E-state index in [1.807, 2.05) is 0 Å². The third-order valence-electron chi connectivity index (χ3n) is 4.85. The van der Waals surface area contributed by atoms with Gasteiger partial charge in [-0.05, 0) is 24.2 Å². The molecule has 80 valence electrons. The van der Waals surface area contributed by atoms with Crippen molar-refractivity contribution in [2.24, 2.45) is 16.7 Å². The third kappa shape index (κ3) is 0.940. The molecule has 0 aliphatic heterocycles. The fourth-order valence-corrected chi connectivity index (χ4v) is 5.36. The Labute approximate surface area is 102 Å². The minimum Gasteiger partial charge on any atom is -0.297 e. The lowest BCUT2D eigenvalue weighted by atomic mass is 9.70. The molecule has 0 heterocycles. The molecule has 0 aromatic carbocycles. The van der Waals surface area contributed by atoms with E-state index in [-0.39, 0.29) is 15.2 Å². The van der Waals surface area contributed by atoms with Gasteiger partial charge in [-0.15, -0.1) is 0 Å². The van der Waals surface area contributed by atoms with Crippen molar-refractivity contribution >= 4 is 37.6 Å². The molecule has 2 aliphatic rings. The molecule has 2 fully saturated rings. The van der Waals surface area contributed by atoms with Crippen LogP contribution in [0.25, 0.3) is 0 Å². The summed E-state index contributed by atoms with van der Waals surface area (Å²) in [4.78, 5) is 12.4. The van der Waals surface area contributed by atoms with E-state index in [2.05, 4.69) is 52.6 Å². The molecule has 3 heteroatoms. The summed E-state index contributed by atoms with van der Waals surface area (Å²) in [5, 5.41) is 0.739. The smallest absolute Gasteiger partial charge is 0.157 e. The van der Waals surface area contributed by atoms with Gasteiger partial charge in [-0.2, -0.15) is 0 Å². The molecule has 0 aromatic heterocycles. The van der Waals surface area contributed by atoms with Crippen LogP contribution in [0.2, 0.25) is 0 Å². The molecule has 0 radical (unpaired) electrons. The Hall–Kier alpha value is 0.630. The number of Topliss-reactive ketones (excluding diaryl/α,β-unsaturated/α-hetero) is 1. The molecular formula is C11H16Br2O. The van der Waals surface area contributed by atoms with Gasteiger partial charge in [0.15, 0.2) is 5.78 Å². The number of fused-ring (bicyclic) bond motifs is 2. The first-order chi connectivity index (χ1) is 6.30. The number of ketones is 1. The highest BCUT2D eigenvalue weighted by atomic mass is 79.9. The van der Waals surface area contributed by atoms with Gasteiger partial charge >= 0.3 is 0 Å². The van der Waals surface area contributed by atoms with E-state index in [9.17, 15) is 4.79 Å². The van der Waals surface area contributed by atoms with E-state index >= 15 is 0 Å². The van der Waals surface area contributed by atoms with Crippen molar-refractivity contribution in [2.75, 3.05) is 5.33 Å². The molecule has 0 N–H and O–H groups in total. The summed E-state index contributed by atoms with van der Waals surface area (Å²) in [5.74, 6) is 0.884. The Balaban J connectivity index is 2.55. The zero-order chi connectivity index (χ0) is 10.8. The van der Waals surface area contributed by atoms with Crippen LogP contribution in [0.3, 0.4) is 0 Å². The van der Waals surface area contributed by atoms with Crippen LogP contribution in [0.1, 0.15) is 33.6 Å².